The van der Waals surface area contributed by atoms with Crippen molar-refractivity contribution in [3.8, 4) is 0 Å². The molecule has 126 valence electrons. The highest BCUT2D eigenvalue weighted by atomic mass is 16.4. The first-order valence-corrected chi connectivity index (χ1v) is 8.26. The molecule has 1 aliphatic rings. The second-order valence-corrected chi connectivity index (χ2v) is 6.17. The molecule has 0 saturated heterocycles. The molecule has 0 spiro atoms. The number of hydrogen-bond acceptors (Lipinski definition) is 3. The van der Waals surface area contributed by atoms with E-state index >= 15 is 0 Å². The number of aliphatic carboxylic acids is 1. The summed E-state index contributed by atoms with van der Waals surface area (Å²) in [5.74, 6) is -1.87. The summed E-state index contributed by atoms with van der Waals surface area (Å²) in [4.78, 5) is 23.8. The number of aromatic nitrogens is 2. The highest BCUT2D eigenvalue weighted by molar-refractivity contribution is 5.94. The Morgan fingerprint density at radius 3 is 2.71 bits per heavy atom. The van der Waals surface area contributed by atoms with Crippen molar-refractivity contribution in [3.05, 3.63) is 52.8 Å². The predicted molar refractivity (Wildman–Crippen MR) is 88.8 cm³/mol. The standard InChI is InChI=1S/C18H21N3O3/c22-17(16-14-8-4-5-9-15(14)20-21-16)19-11-13(18(23)24)10-12-6-2-1-3-7-12/h1-3,6-7,13H,4-5,8-11H2,(H,19,22)(H,20,21)(H,23,24). The van der Waals surface area contributed by atoms with E-state index in [1.807, 2.05) is 30.3 Å². The average Bonchev–Trinajstić information content (AvgIpc) is 3.03. The zero-order chi connectivity index (χ0) is 16.9. The van der Waals surface area contributed by atoms with Crippen LogP contribution >= 0.6 is 0 Å². The average molecular weight is 327 g/mol. The van der Waals surface area contributed by atoms with E-state index in [2.05, 4.69) is 15.5 Å². The van der Waals surface area contributed by atoms with E-state index in [4.69, 9.17) is 0 Å². The summed E-state index contributed by atoms with van der Waals surface area (Å²) in [5, 5.41) is 19.2. The van der Waals surface area contributed by atoms with E-state index in [1.54, 1.807) is 0 Å². The third-order valence-corrected chi connectivity index (χ3v) is 4.45. The molecule has 3 N–H and O–H groups in total. The monoisotopic (exact) mass is 327 g/mol. The Kier molecular flexibility index (Phi) is 4.93. The summed E-state index contributed by atoms with van der Waals surface area (Å²) >= 11 is 0. The van der Waals surface area contributed by atoms with Crippen LogP contribution in [-0.4, -0.2) is 33.7 Å². The quantitative estimate of drug-likeness (QED) is 0.756. The topological polar surface area (TPSA) is 95.1 Å². The smallest absolute Gasteiger partial charge is 0.308 e. The van der Waals surface area contributed by atoms with Crippen LogP contribution in [0.3, 0.4) is 0 Å². The Balaban J connectivity index is 1.63. The number of nitrogens with one attached hydrogen (secondary N) is 2. The van der Waals surface area contributed by atoms with Gasteiger partial charge in [0.1, 0.15) is 0 Å². The lowest BCUT2D eigenvalue weighted by Gasteiger charge is -2.14. The molecule has 1 atom stereocenters. The minimum absolute atomic E-state index is 0.0880. The molecular weight excluding hydrogens is 306 g/mol. The number of carboxylic acids is 1. The number of benzene rings is 1. The molecule has 1 aromatic carbocycles. The van der Waals surface area contributed by atoms with Crippen molar-refractivity contribution in [1.29, 1.82) is 0 Å². The molecule has 0 saturated carbocycles. The first-order chi connectivity index (χ1) is 11.6. The van der Waals surface area contributed by atoms with Crippen molar-refractivity contribution >= 4 is 11.9 Å². The van der Waals surface area contributed by atoms with Gasteiger partial charge in [-0.25, -0.2) is 0 Å². The van der Waals surface area contributed by atoms with E-state index in [-0.39, 0.29) is 12.5 Å². The van der Waals surface area contributed by atoms with Crippen molar-refractivity contribution < 1.29 is 14.7 Å². The van der Waals surface area contributed by atoms with E-state index in [9.17, 15) is 14.7 Å². The van der Waals surface area contributed by atoms with Crippen LogP contribution in [0.1, 0.15) is 40.2 Å². The molecule has 2 aromatic rings. The van der Waals surface area contributed by atoms with Crippen LogP contribution in [0.4, 0.5) is 0 Å². The molecule has 6 nitrogen and oxygen atoms in total. The summed E-state index contributed by atoms with van der Waals surface area (Å²) in [6.45, 7) is 0.0880. The SMILES string of the molecule is O=C(NCC(Cc1ccccc1)C(=O)O)c1n[nH]c2c1CCCC2. The van der Waals surface area contributed by atoms with Gasteiger partial charge in [0.15, 0.2) is 5.69 Å². The van der Waals surface area contributed by atoms with E-state index < -0.39 is 11.9 Å². The number of rotatable bonds is 6. The van der Waals surface area contributed by atoms with E-state index in [1.165, 1.54) is 0 Å². The van der Waals surface area contributed by atoms with Gasteiger partial charge in [-0.1, -0.05) is 30.3 Å². The number of carboxylic acid groups (broad SMARTS) is 1. The number of carbonyl (C=O) groups is 2. The van der Waals surface area contributed by atoms with Gasteiger partial charge in [-0.3, -0.25) is 14.7 Å². The second-order valence-electron chi connectivity index (χ2n) is 6.17. The Bertz CT molecular complexity index is 724. The lowest BCUT2D eigenvalue weighted by atomic mass is 9.95. The molecular formula is C18H21N3O3. The Morgan fingerprint density at radius 2 is 1.96 bits per heavy atom. The van der Waals surface area contributed by atoms with Gasteiger partial charge in [-0.15, -0.1) is 0 Å². The van der Waals surface area contributed by atoms with Crippen molar-refractivity contribution in [3.63, 3.8) is 0 Å². The molecule has 3 rings (SSSR count). The zero-order valence-electron chi connectivity index (χ0n) is 13.4. The summed E-state index contributed by atoms with van der Waals surface area (Å²) in [6.07, 6.45) is 4.31. The van der Waals surface area contributed by atoms with Crippen LogP contribution in [0, 0.1) is 5.92 Å². The lowest BCUT2D eigenvalue weighted by molar-refractivity contribution is -0.141. The Labute approximate surface area is 140 Å². The summed E-state index contributed by atoms with van der Waals surface area (Å²) < 4.78 is 0. The molecule has 1 heterocycles. The fraction of sp³-hybridized carbons (Fsp3) is 0.389. The molecule has 24 heavy (non-hydrogen) atoms. The number of amides is 1. The summed E-state index contributed by atoms with van der Waals surface area (Å²) in [7, 11) is 0. The third-order valence-electron chi connectivity index (χ3n) is 4.45. The van der Waals surface area contributed by atoms with Crippen molar-refractivity contribution in [2.75, 3.05) is 6.54 Å². The van der Waals surface area contributed by atoms with Gasteiger partial charge in [0.2, 0.25) is 0 Å². The van der Waals surface area contributed by atoms with Gasteiger partial charge in [0.05, 0.1) is 5.92 Å². The normalized spacial score (nSPS) is 14.7. The van der Waals surface area contributed by atoms with Gasteiger partial charge in [-0.05, 0) is 37.7 Å². The maximum absolute atomic E-state index is 12.4. The number of aromatic amines is 1. The van der Waals surface area contributed by atoms with Gasteiger partial charge in [0.25, 0.3) is 5.91 Å². The number of H-pyrrole nitrogens is 1. The molecule has 0 bridgehead atoms. The highest BCUT2D eigenvalue weighted by Gasteiger charge is 2.24. The largest absolute Gasteiger partial charge is 0.481 e. The second kappa shape index (κ2) is 7.29. The molecule has 1 amide bonds. The van der Waals surface area contributed by atoms with Crippen LogP contribution in [-0.2, 0) is 24.1 Å². The predicted octanol–water partition coefficient (Wildman–Crippen LogP) is 1.96. The van der Waals surface area contributed by atoms with Gasteiger partial charge < -0.3 is 10.4 Å². The van der Waals surface area contributed by atoms with Gasteiger partial charge in [0, 0.05) is 17.8 Å². The third kappa shape index (κ3) is 3.64. The number of nitrogens with zero attached hydrogens (tertiary/aromatic N) is 1. The molecule has 0 radical (unpaired) electrons. The van der Waals surface area contributed by atoms with Crippen LogP contribution in [0.25, 0.3) is 0 Å². The van der Waals surface area contributed by atoms with Crippen LogP contribution in [0.5, 0.6) is 0 Å². The molecule has 0 aliphatic heterocycles. The molecule has 1 aliphatic carbocycles. The van der Waals surface area contributed by atoms with Crippen molar-refractivity contribution in [1.82, 2.24) is 15.5 Å². The van der Waals surface area contributed by atoms with E-state index in [0.29, 0.717) is 12.1 Å². The minimum Gasteiger partial charge on any atom is -0.481 e. The first-order valence-electron chi connectivity index (χ1n) is 8.26. The minimum atomic E-state index is -0.914. The van der Waals surface area contributed by atoms with E-state index in [0.717, 1.165) is 42.5 Å². The van der Waals surface area contributed by atoms with Crippen LogP contribution in [0.15, 0.2) is 30.3 Å². The van der Waals surface area contributed by atoms with Crippen molar-refractivity contribution in [2.45, 2.75) is 32.1 Å². The molecule has 1 unspecified atom stereocenters. The van der Waals surface area contributed by atoms with Gasteiger partial charge in [-0.2, -0.15) is 5.10 Å². The highest BCUT2D eigenvalue weighted by Crippen LogP contribution is 2.22. The van der Waals surface area contributed by atoms with Crippen LogP contribution < -0.4 is 5.32 Å². The number of hydrogen-bond donors (Lipinski definition) is 3. The number of aryl methyl sites for hydroxylation is 1. The van der Waals surface area contributed by atoms with Crippen LogP contribution in [0.2, 0.25) is 0 Å². The summed E-state index contributed by atoms with van der Waals surface area (Å²) in [6, 6.07) is 9.43. The number of carbonyl (C=O) groups excluding carboxylic acids is 1. The fourth-order valence-electron chi connectivity index (χ4n) is 3.11. The maximum Gasteiger partial charge on any atom is 0.308 e. The molecule has 0 fully saturated rings. The maximum atomic E-state index is 12.4. The van der Waals surface area contributed by atoms with Crippen molar-refractivity contribution in [2.24, 2.45) is 5.92 Å². The molecule has 1 aromatic heterocycles. The zero-order valence-corrected chi connectivity index (χ0v) is 13.4. The fourth-order valence-corrected chi connectivity index (χ4v) is 3.11. The lowest BCUT2D eigenvalue weighted by Crippen LogP contribution is -2.34. The number of fused-ring (bicyclic) bond motifs is 1. The summed E-state index contributed by atoms with van der Waals surface area (Å²) in [5.41, 5.74) is 3.36. The first kappa shape index (κ1) is 16.2. The van der Waals surface area contributed by atoms with Gasteiger partial charge >= 0.3 is 5.97 Å². The Hall–Kier alpha value is -2.63. The Morgan fingerprint density at radius 1 is 1.21 bits per heavy atom. The molecule has 6 heteroatoms.